The molecule has 0 heterocycles. The number of benzene rings is 2. The van der Waals surface area contributed by atoms with E-state index in [-0.39, 0.29) is 11.4 Å². The van der Waals surface area contributed by atoms with Crippen LogP contribution in [-0.2, 0) is 25.5 Å². The molecule has 0 aliphatic carbocycles. The second-order valence-electron chi connectivity index (χ2n) is 4.96. The highest BCUT2D eigenvalue weighted by Crippen LogP contribution is 2.23. The van der Waals surface area contributed by atoms with Gasteiger partial charge in [0, 0.05) is 17.2 Å². The Morgan fingerprint density at radius 3 is 2.09 bits per heavy atom. The molecule has 23 heavy (non-hydrogen) atoms. The Kier molecular flexibility index (Phi) is 5.46. The second kappa shape index (κ2) is 7.00. The Balaban J connectivity index is 2.19. The van der Waals surface area contributed by atoms with Gasteiger partial charge in [0.25, 0.3) is 9.05 Å². The highest BCUT2D eigenvalue weighted by atomic mass is 35.7. The Hall–Kier alpha value is -1.41. The molecule has 0 saturated heterocycles. The predicted molar refractivity (Wildman–Crippen MR) is 89.6 cm³/mol. The summed E-state index contributed by atoms with van der Waals surface area (Å²) in [6, 6.07) is 12.9. The number of rotatable bonds is 6. The lowest BCUT2D eigenvalue weighted by Crippen LogP contribution is -2.27. The first-order chi connectivity index (χ1) is 10.7. The Morgan fingerprint density at radius 2 is 1.48 bits per heavy atom. The van der Waals surface area contributed by atoms with E-state index in [1.807, 2.05) is 31.2 Å². The van der Waals surface area contributed by atoms with Crippen molar-refractivity contribution in [2.75, 3.05) is 6.54 Å². The zero-order valence-electron chi connectivity index (χ0n) is 12.4. The standard InChI is InChI=1S/C15H16ClNO4S2/c1-12-6-2-3-7-13(12)10-11-17-23(20,21)15-9-5-4-8-14(15)22(16,18)19/h2-9,17H,10-11H2,1H3. The van der Waals surface area contributed by atoms with Gasteiger partial charge in [0.15, 0.2) is 0 Å². The third-order valence-electron chi connectivity index (χ3n) is 3.35. The van der Waals surface area contributed by atoms with Crippen LogP contribution in [0.1, 0.15) is 11.1 Å². The van der Waals surface area contributed by atoms with Crippen LogP contribution in [0.5, 0.6) is 0 Å². The molecule has 5 nitrogen and oxygen atoms in total. The zero-order chi connectivity index (χ0) is 17.1. The minimum Gasteiger partial charge on any atom is -0.211 e. The molecule has 0 spiro atoms. The maximum atomic E-state index is 12.3. The van der Waals surface area contributed by atoms with Crippen molar-refractivity contribution in [2.24, 2.45) is 0 Å². The van der Waals surface area contributed by atoms with Gasteiger partial charge < -0.3 is 0 Å². The molecule has 2 aromatic rings. The Morgan fingerprint density at radius 1 is 0.913 bits per heavy atom. The van der Waals surface area contributed by atoms with Crippen molar-refractivity contribution >= 4 is 29.8 Å². The van der Waals surface area contributed by atoms with Gasteiger partial charge >= 0.3 is 0 Å². The summed E-state index contributed by atoms with van der Waals surface area (Å²) in [4.78, 5) is -0.773. The number of hydrogen-bond donors (Lipinski definition) is 1. The van der Waals surface area contributed by atoms with Gasteiger partial charge in [-0.3, -0.25) is 0 Å². The van der Waals surface area contributed by atoms with Crippen molar-refractivity contribution in [3.8, 4) is 0 Å². The van der Waals surface area contributed by atoms with Crippen LogP contribution in [-0.4, -0.2) is 23.4 Å². The summed E-state index contributed by atoms with van der Waals surface area (Å²) in [6.45, 7) is 2.10. The van der Waals surface area contributed by atoms with Crippen molar-refractivity contribution < 1.29 is 16.8 Å². The van der Waals surface area contributed by atoms with E-state index in [0.29, 0.717) is 6.42 Å². The topological polar surface area (TPSA) is 80.3 Å². The normalized spacial score (nSPS) is 12.3. The van der Waals surface area contributed by atoms with E-state index in [1.165, 1.54) is 18.2 Å². The van der Waals surface area contributed by atoms with Crippen LogP contribution in [0, 0.1) is 6.92 Å². The van der Waals surface area contributed by atoms with Gasteiger partial charge in [-0.15, -0.1) is 0 Å². The van der Waals surface area contributed by atoms with E-state index in [9.17, 15) is 16.8 Å². The molecule has 0 aromatic heterocycles. The van der Waals surface area contributed by atoms with Crippen LogP contribution < -0.4 is 4.72 Å². The summed E-state index contributed by atoms with van der Waals surface area (Å²) in [5.41, 5.74) is 2.09. The first-order valence-electron chi connectivity index (χ1n) is 6.80. The van der Waals surface area contributed by atoms with Crippen molar-refractivity contribution in [3.63, 3.8) is 0 Å². The van der Waals surface area contributed by atoms with Crippen molar-refractivity contribution in [1.82, 2.24) is 4.72 Å². The predicted octanol–water partition coefficient (Wildman–Crippen LogP) is 2.44. The number of aryl methyl sites for hydroxylation is 1. The molecule has 0 aliphatic rings. The van der Waals surface area contributed by atoms with E-state index in [1.54, 1.807) is 0 Å². The monoisotopic (exact) mass is 373 g/mol. The average Bonchev–Trinajstić information content (AvgIpc) is 2.48. The largest absolute Gasteiger partial charge is 0.262 e. The van der Waals surface area contributed by atoms with Crippen LogP contribution in [0.25, 0.3) is 0 Å². The van der Waals surface area contributed by atoms with Crippen molar-refractivity contribution in [1.29, 1.82) is 0 Å². The van der Waals surface area contributed by atoms with Crippen LogP contribution in [0.3, 0.4) is 0 Å². The van der Waals surface area contributed by atoms with Gasteiger partial charge in [0.05, 0.1) is 0 Å². The van der Waals surface area contributed by atoms with E-state index < -0.39 is 24.0 Å². The lowest BCUT2D eigenvalue weighted by Gasteiger charge is -2.10. The summed E-state index contributed by atoms with van der Waals surface area (Å²) in [6.07, 6.45) is 0.502. The van der Waals surface area contributed by atoms with Crippen molar-refractivity contribution in [2.45, 2.75) is 23.1 Å². The first kappa shape index (κ1) is 17.9. The van der Waals surface area contributed by atoms with Gasteiger partial charge in [-0.1, -0.05) is 36.4 Å². The molecule has 0 atom stereocenters. The minimum absolute atomic E-state index is 0.157. The third kappa shape index (κ3) is 4.54. The molecule has 124 valence electrons. The zero-order valence-corrected chi connectivity index (χ0v) is 14.7. The smallest absolute Gasteiger partial charge is 0.211 e. The maximum Gasteiger partial charge on any atom is 0.262 e. The number of sulfonamides is 1. The van der Waals surface area contributed by atoms with Crippen LogP contribution in [0.2, 0.25) is 0 Å². The summed E-state index contributed by atoms with van der Waals surface area (Å²) in [7, 11) is -2.82. The highest BCUT2D eigenvalue weighted by molar-refractivity contribution is 8.14. The fraction of sp³-hybridized carbons (Fsp3) is 0.200. The minimum atomic E-state index is -4.15. The van der Waals surface area contributed by atoms with Gasteiger partial charge in [-0.2, -0.15) is 0 Å². The summed E-state index contributed by atoms with van der Waals surface area (Å²) >= 11 is 0. The molecule has 1 N–H and O–H groups in total. The van der Waals surface area contributed by atoms with Gasteiger partial charge in [-0.25, -0.2) is 21.6 Å². The molecule has 2 aromatic carbocycles. The molecule has 8 heteroatoms. The molecule has 0 amide bonds. The third-order valence-corrected chi connectivity index (χ3v) is 6.38. The molecule has 0 radical (unpaired) electrons. The molecular formula is C15H16ClNO4S2. The van der Waals surface area contributed by atoms with Crippen molar-refractivity contribution in [3.05, 3.63) is 59.7 Å². The molecular weight excluding hydrogens is 358 g/mol. The fourth-order valence-electron chi connectivity index (χ4n) is 2.16. The molecule has 0 unspecified atom stereocenters. The molecule has 0 saturated carbocycles. The first-order valence-corrected chi connectivity index (χ1v) is 10.6. The van der Waals surface area contributed by atoms with Gasteiger partial charge in [0.1, 0.15) is 9.79 Å². The SMILES string of the molecule is Cc1ccccc1CCNS(=O)(=O)c1ccccc1S(=O)(=O)Cl. The Bertz CT molecular complexity index is 909. The summed E-state index contributed by atoms with van der Waals surface area (Å²) < 4.78 is 50.1. The second-order valence-corrected chi connectivity index (χ2v) is 9.23. The van der Waals surface area contributed by atoms with Gasteiger partial charge in [0.2, 0.25) is 10.0 Å². The number of hydrogen-bond acceptors (Lipinski definition) is 4. The van der Waals surface area contributed by atoms with Gasteiger partial charge in [-0.05, 0) is 36.6 Å². The summed E-state index contributed by atoms with van der Waals surface area (Å²) in [5, 5.41) is 0. The van der Waals surface area contributed by atoms with E-state index in [2.05, 4.69) is 4.72 Å². The molecule has 0 fully saturated rings. The molecule has 0 aliphatic heterocycles. The maximum absolute atomic E-state index is 12.3. The lowest BCUT2D eigenvalue weighted by atomic mass is 10.1. The van der Waals surface area contributed by atoms with Crippen LogP contribution in [0.4, 0.5) is 0 Å². The molecule has 0 bridgehead atoms. The Labute approximate surface area is 140 Å². The molecule has 2 rings (SSSR count). The fourth-order valence-corrected chi connectivity index (χ4v) is 5.03. The highest BCUT2D eigenvalue weighted by Gasteiger charge is 2.24. The van der Waals surface area contributed by atoms with E-state index in [0.717, 1.165) is 17.2 Å². The quantitative estimate of drug-likeness (QED) is 0.788. The van der Waals surface area contributed by atoms with Crippen LogP contribution >= 0.6 is 10.7 Å². The lowest BCUT2D eigenvalue weighted by molar-refractivity contribution is 0.575. The van der Waals surface area contributed by atoms with E-state index >= 15 is 0 Å². The number of halogens is 1. The van der Waals surface area contributed by atoms with E-state index in [4.69, 9.17) is 10.7 Å². The van der Waals surface area contributed by atoms with Crippen LogP contribution in [0.15, 0.2) is 58.3 Å². The summed E-state index contributed by atoms with van der Waals surface area (Å²) in [5.74, 6) is 0. The number of nitrogens with one attached hydrogen (secondary N) is 1. The average molecular weight is 374 g/mol.